The average molecular weight is 353 g/mol. The number of fused-ring (bicyclic) bond motifs is 1. The number of rotatable bonds is 6. The van der Waals surface area contributed by atoms with Gasteiger partial charge >= 0.3 is 0 Å². The second-order valence-corrected chi connectivity index (χ2v) is 8.44. The van der Waals surface area contributed by atoms with Gasteiger partial charge in [-0.25, -0.2) is 18.5 Å². The van der Waals surface area contributed by atoms with E-state index in [0.717, 1.165) is 31.2 Å². The van der Waals surface area contributed by atoms with Crippen LogP contribution in [0.5, 0.6) is 5.88 Å². The number of sulfonamides is 1. The van der Waals surface area contributed by atoms with E-state index < -0.39 is 10.0 Å². The summed E-state index contributed by atoms with van der Waals surface area (Å²) in [6.45, 7) is 2.35. The van der Waals surface area contributed by atoms with Gasteiger partial charge in [-0.15, -0.1) is 14.8 Å². The third kappa shape index (κ3) is 4.02. The summed E-state index contributed by atoms with van der Waals surface area (Å²) >= 11 is 0. The van der Waals surface area contributed by atoms with E-state index >= 15 is 0 Å². The summed E-state index contributed by atoms with van der Waals surface area (Å²) in [5.41, 5.74) is 1.39. The van der Waals surface area contributed by atoms with E-state index in [1.54, 1.807) is 0 Å². The van der Waals surface area contributed by atoms with E-state index in [1.807, 2.05) is 13.0 Å². The molecule has 0 aromatic carbocycles. The van der Waals surface area contributed by atoms with Gasteiger partial charge in [-0.05, 0) is 32.3 Å². The van der Waals surface area contributed by atoms with Crippen LogP contribution in [0.25, 0.3) is 5.65 Å². The number of nitrogens with zero attached hydrogens (tertiary/aromatic N) is 4. The molecule has 2 heterocycles. The Morgan fingerprint density at radius 1 is 1.33 bits per heavy atom. The molecule has 0 spiro atoms. The first kappa shape index (κ1) is 17.1. The molecule has 24 heavy (non-hydrogen) atoms. The number of hydrogen-bond acceptors (Lipinski definition) is 6. The van der Waals surface area contributed by atoms with Gasteiger partial charge in [0.2, 0.25) is 15.9 Å². The van der Waals surface area contributed by atoms with Crippen molar-refractivity contribution in [2.75, 3.05) is 12.4 Å². The Morgan fingerprint density at radius 3 is 2.79 bits per heavy atom. The lowest BCUT2D eigenvalue weighted by molar-refractivity contribution is 0.0889. The summed E-state index contributed by atoms with van der Waals surface area (Å²) in [7, 11) is -3.47. The van der Waals surface area contributed by atoms with Crippen molar-refractivity contribution in [2.45, 2.75) is 45.4 Å². The Bertz CT molecular complexity index is 812. The van der Waals surface area contributed by atoms with E-state index in [4.69, 9.17) is 9.88 Å². The Hall–Kier alpha value is -1.74. The minimum Gasteiger partial charge on any atom is -0.476 e. The summed E-state index contributed by atoms with van der Waals surface area (Å²) in [6.07, 6.45) is 7.22. The van der Waals surface area contributed by atoms with E-state index in [1.165, 1.54) is 17.4 Å². The molecule has 0 unspecified atom stereocenters. The zero-order valence-electron chi connectivity index (χ0n) is 13.8. The van der Waals surface area contributed by atoms with Gasteiger partial charge in [-0.1, -0.05) is 19.3 Å². The fourth-order valence-electron chi connectivity index (χ4n) is 3.33. The molecule has 1 aliphatic carbocycles. The van der Waals surface area contributed by atoms with Gasteiger partial charge in [0.1, 0.15) is 6.33 Å². The predicted octanol–water partition coefficient (Wildman–Crippen LogP) is 1.44. The molecule has 8 nitrogen and oxygen atoms in total. The van der Waals surface area contributed by atoms with Gasteiger partial charge in [0, 0.05) is 11.0 Å². The highest BCUT2D eigenvalue weighted by molar-refractivity contribution is 7.89. The maximum Gasteiger partial charge on any atom is 0.236 e. The molecule has 3 rings (SSSR count). The highest BCUT2D eigenvalue weighted by atomic mass is 32.2. The number of aryl methyl sites for hydroxylation is 1. The van der Waals surface area contributed by atoms with Crippen molar-refractivity contribution in [1.82, 2.24) is 19.8 Å². The standard InChI is InChI=1S/C15H23N5O3S/c1-12-9-13-17-11-18-20(13)19-14(12)23-10-15(5-3-2-4-6-15)7-8-24(16,21)22/h9,11H,2-8,10H2,1H3,(H2,16,21,22). The minimum absolute atomic E-state index is 0.00905. The van der Waals surface area contributed by atoms with Crippen LogP contribution >= 0.6 is 0 Å². The molecule has 1 aliphatic rings. The van der Waals surface area contributed by atoms with Gasteiger partial charge in [-0.2, -0.15) is 0 Å². The van der Waals surface area contributed by atoms with Gasteiger partial charge in [0.15, 0.2) is 5.65 Å². The largest absolute Gasteiger partial charge is 0.476 e. The second kappa shape index (κ2) is 6.64. The molecule has 0 radical (unpaired) electrons. The number of primary sulfonamides is 1. The Labute approximate surface area is 141 Å². The number of ether oxygens (including phenoxy) is 1. The van der Waals surface area contributed by atoms with Gasteiger partial charge < -0.3 is 4.74 Å². The molecule has 0 amide bonds. The van der Waals surface area contributed by atoms with Crippen LogP contribution < -0.4 is 9.88 Å². The molecule has 0 bridgehead atoms. The molecule has 0 atom stereocenters. The number of nitrogens with two attached hydrogens (primary N) is 1. The predicted molar refractivity (Wildman–Crippen MR) is 89.1 cm³/mol. The summed E-state index contributed by atoms with van der Waals surface area (Å²) in [6, 6.07) is 1.87. The van der Waals surface area contributed by atoms with E-state index in [2.05, 4.69) is 15.2 Å². The molecular formula is C15H23N5O3S. The van der Waals surface area contributed by atoms with Crippen LogP contribution in [0.15, 0.2) is 12.4 Å². The zero-order chi connectivity index (χ0) is 17.2. The fourth-order valence-corrected chi connectivity index (χ4v) is 4.05. The van der Waals surface area contributed by atoms with E-state index in [-0.39, 0.29) is 11.2 Å². The van der Waals surface area contributed by atoms with Crippen molar-refractivity contribution in [1.29, 1.82) is 0 Å². The molecule has 2 N–H and O–H groups in total. The Balaban J connectivity index is 1.75. The maximum atomic E-state index is 11.4. The Morgan fingerprint density at radius 2 is 2.08 bits per heavy atom. The van der Waals surface area contributed by atoms with Crippen LogP contribution in [0.3, 0.4) is 0 Å². The number of aromatic nitrogens is 4. The van der Waals surface area contributed by atoms with Crippen molar-refractivity contribution in [3.8, 4) is 5.88 Å². The molecule has 2 aromatic heterocycles. The first-order valence-electron chi connectivity index (χ1n) is 8.18. The zero-order valence-corrected chi connectivity index (χ0v) is 14.6. The lowest BCUT2D eigenvalue weighted by Gasteiger charge is -2.36. The maximum absolute atomic E-state index is 11.4. The topological polar surface area (TPSA) is 112 Å². The summed E-state index contributed by atoms with van der Waals surface area (Å²) < 4.78 is 30.2. The normalized spacial score (nSPS) is 17.9. The van der Waals surface area contributed by atoms with Gasteiger partial charge in [-0.3, -0.25) is 0 Å². The highest BCUT2D eigenvalue weighted by Gasteiger charge is 2.34. The summed E-state index contributed by atoms with van der Waals surface area (Å²) in [5, 5.41) is 13.6. The molecule has 1 fully saturated rings. The lowest BCUT2D eigenvalue weighted by atomic mass is 9.73. The molecule has 0 saturated heterocycles. The van der Waals surface area contributed by atoms with E-state index in [0.29, 0.717) is 24.6 Å². The van der Waals surface area contributed by atoms with Crippen LogP contribution in [0, 0.1) is 12.3 Å². The van der Waals surface area contributed by atoms with Crippen molar-refractivity contribution >= 4 is 15.7 Å². The first-order chi connectivity index (χ1) is 11.4. The van der Waals surface area contributed by atoms with Crippen molar-refractivity contribution < 1.29 is 13.2 Å². The van der Waals surface area contributed by atoms with Crippen molar-refractivity contribution in [3.05, 3.63) is 18.0 Å². The van der Waals surface area contributed by atoms with Gasteiger partial charge in [0.05, 0.1) is 12.4 Å². The quantitative estimate of drug-likeness (QED) is 0.841. The van der Waals surface area contributed by atoms with Crippen LogP contribution in [-0.2, 0) is 10.0 Å². The third-order valence-corrected chi connectivity index (χ3v) is 5.54. The monoisotopic (exact) mass is 353 g/mol. The average Bonchev–Trinajstić information content (AvgIpc) is 2.98. The molecule has 9 heteroatoms. The van der Waals surface area contributed by atoms with Crippen LogP contribution in [0.2, 0.25) is 0 Å². The molecule has 132 valence electrons. The molecular weight excluding hydrogens is 330 g/mol. The summed E-state index contributed by atoms with van der Waals surface area (Å²) in [4.78, 5) is 4.09. The third-order valence-electron chi connectivity index (χ3n) is 4.77. The highest BCUT2D eigenvalue weighted by Crippen LogP contribution is 2.40. The van der Waals surface area contributed by atoms with Crippen molar-refractivity contribution in [3.63, 3.8) is 0 Å². The van der Waals surface area contributed by atoms with Crippen molar-refractivity contribution in [2.24, 2.45) is 10.6 Å². The van der Waals surface area contributed by atoms with Crippen LogP contribution in [-0.4, -0.2) is 40.6 Å². The smallest absolute Gasteiger partial charge is 0.236 e. The first-order valence-corrected chi connectivity index (χ1v) is 9.89. The minimum atomic E-state index is -3.47. The molecule has 2 aromatic rings. The van der Waals surface area contributed by atoms with Crippen LogP contribution in [0.1, 0.15) is 44.1 Å². The molecule has 1 saturated carbocycles. The SMILES string of the molecule is Cc1cc2ncnn2nc1OCC1(CCS(N)(=O)=O)CCCCC1. The summed E-state index contributed by atoms with van der Waals surface area (Å²) in [5.74, 6) is 0.499. The molecule has 0 aliphatic heterocycles. The van der Waals surface area contributed by atoms with Crippen LogP contribution in [0.4, 0.5) is 0 Å². The fraction of sp³-hybridized carbons (Fsp3) is 0.667. The van der Waals surface area contributed by atoms with Gasteiger partial charge in [0.25, 0.3) is 0 Å². The van der Waals surface area contributed by atoms with E-state index in [9.17, 15) is 8.42 Å². The number of hydrogen-bond donors (Lipinski definition) is 1. The Kier molecular flexibility index (Phi) is 4.73. The lowest BCUT2D eigenvalue weighted by Crippen LogP contribution is -2.34. The second-order valence-electron chi connectivity index (χ2n) is 6.71.